The van der Waals surface area contributed by atoms with Gasteiger partial charge < -0.3 is 10.6 Å². The van der Waals surface area contributed by atoms with Gasteiger partial charge in [-0.3, -0.25) is 4.79 Å². The van der Waals surface area contributed by atoms with Crippen molar-refractivity contribution < 1.29 is 18.0 Å². The first-order valence-electron chi connectivity index (χ1n) is 10.3. The molecular formula is C24H24F3N3O. The second kappa shape index (κ2) is 9.69. The Morgan fingerprint density at radius 1 is 1.16 bits per heavy atom. The zero-order chi connectivity index (χ0) is 22.4. The summed E-state index contributed by atoms with van der Waals surface area (Å²) in [7, 11) is 0. The molecule has 0 saturated heterocycles. The topological polar surface area (TPSA) is 64.9 Å². The maximum Gasteiger partial charge on any atom is 0.418 e. The molecule has 7 heteroatoms. The molecule has 0 aliphatic heterocycles. The number of nitriles is 1. The Hall–Kier alpha value is -3.27. The number of carbonyl (C=O) groups excluding carboxylic acids is 1. The van der Waals surface area contributed by atoms with Crippen LogP contribution in [0.3, 0.4) is 0 Å². The molecule has 2 aromatic carbocycles. The number of rotatable bonds is 6. The van der Waals surface area contributed by atoms with Gasteiger partial charge in [-0.25, -0.2) is 0 Å². The van der Waals surface area contributed by atoms with E-state index in [1.807, 2.05) is 13.0 Å². The third kappa shape index (κ3) is 5.46. The van der Waals surface area contributed by atoms with Crippen LogP contribution in [0.15, 0.2) is 54.2 Å². The summed E-state index contributed by atoms with van der Waals surface area (Å²) in [5.74, 6) is -0.896. The molecule has 0 bridgehead atoms. The molecule has 0 radical (unpaired) electrons. The van der Waals surface area contributed by atoms with Crippen LogP contribution >= 0.6 is 0 Å². The fourth-order valence-corrected chi connectivity index (χ4v) is 3.78. The van der Waals surface area contributed by atoms with Crippen molar-refractivity contribution in [1.82, 2.24) is 5.32 Å². The van der Waals surface area contributed by atoms with Gasteiger partial charge in [0.1, 0.15) is 11.6 Å². The highest BCUT2D eigenvalue weighted by Gasteiger charge is 2.33. The predicted octanol–water partition coefficient (Wildman–Crippen LogP) is 5.67. The Morgan fingerprint density at radius 2 is 1.87 bits per heavy atom. The first-order chi connectivity index (χ1) is 14.8. The summed E-state index contributed by atoms with van der Waals surface area (Å²) in [4.78, 5) is 12.4. The molecule has 0 spiro atoms. The van der Waals surface area contributed by atoms with Crippen molar-refractivity contribution in [3.8, 4) is 6.07 Å². The number of benzene rings is 2. The summed E-state index contributed by atoms with van der Waals surface area (Å²) in [6.07, 6.45) is 1.86. The quantitative estimate of drug-likeness (QED) is 0.461. The minimum Gasteiger partial charge on any atom is -0.383 e. The number of nitrogens with one attached hydrogen (secondary N) is 2. The van der Waals surface area contributed by atoms with Crippen LogP contribution in [0.25, 0.3) is 0 Å². The number of hydrogen-bond acceptors (Lipinski definition) is 3. The average molecular weight is 427 g/mol. The highest BCUT2D eigenvalue weighted by Crippen LogP contribution is 2.34. The lowest BCUT2D eigenvalue weighted by Gasteiger charge is -2.21. The van der Waals surface area contributed by atoms with Crippen molar-refractivity contribution in [3.05, 3.63) is 76.5 Å². The van der Waals surface area contributed by atoms with Crippen LogP contribution < -0.4 is 10.6 Å². The fraction of sp³-hybridized carbons (Fsp3) is 0.333. The molecule has 1 atom stereocenters. The van der Waals surface area contributed by atoms with E-state index in [1.165, 1.54) is 42.3 Å². The molecule has 0 fully saturated rings. The van der Waals surface area contributed by atoms with E-state index in [4.69, 9.17) is 0 Å². The summed E-state index contributed by atoms with van der Waals surface area (Å²) in [5, 5.41) is 14.7. The summed E-state index contributed by atoms with van der Waals surface area (Å²) >= 11 is 0. The Balaban J connectivity index is 1.75. The van der Waals surface area contributed by atoms with Gasteiger partial charge in [0, 0.05) is 6.20 Å². The first-order valence-corrected chi connectivity index (χ1v) is 10.3. The van der Waals surface area contributed by atoms with Crippen molar-refractivity contribution in [2.45, 2.75) is 51.2 Å². The molecule has 162 valence electrons. The lowest BCUT2D eigenvalue weighted by molar-refractivity contribution is -0.137. The molecule has 2 N–H and O–H groups in total. The number of halogens is 3. The molecular weight excluding hydrogens is 403 g/mol. The Morgan fingerprint density at radius 3 is 2.55 bits per heavy atom. The van der Waals surface area contributed by atoms with Gasteiger partial charge in [-0.05, 0) is 60.9 Å². The largest absolute Gasteiger partial charge is 0.418 e. The molecule has 0 aromatic heterocycles. The molecule has 1 amide bonds. The lowest BCUT2D eigenvalue weighted by Crippen LogP contribution is -2.21. The van der Waals surface area contributed by atoms with Crippen molar-refractivity contribution >= 4 is 11.6 Å². The van der Waals surface area contributed by atoms with Crippen molar-refractivity contribution in [3.63, 3.8) is 0 Å². The maximum atomic E-state index is 13.1. The second-order valence-corrected chi connectivity index (χ2v) is 7.53. The van der Waals surface area contributed by atoms with Crippen LogP contribution in [0.2, 0.25) is 0 Å². The Kier molecular flexibility index (Phi) is 7.01. The third-order valence-electron chi connectivity index (χ3n) is 5.46. The van der Waals surface area contributed by atoms with Crippen LogP contribution in [-0.4, -0.2) is 5.91 Å². The molecule has 4 nitrogen and oxygen atoms in total. The SMILES string of the molecule is CCC(N/C=C(/C#N)C(=O)Nc1ccccc1C(F)(F)F)c1ccc2c(c1)CCCC2. The number of carbonyl (C=O) groups is 1. The number of aryl methyl sites for hydroxylation is 2. The van der Waals surface area contributed by atoms with Crippen LogP contribution in [0, 0.1) is 11.3 Å². The number of fused-ring (bicyclic) bond motifs is 1. The van der Waals surface area contributed by atoms with Gasteiger partial charge in [-0.1, -0.05) is 37.3 Å². The van der Waals surface area contributed by atoms with Crippen LogP contribution in [0.1, 0.15) is 54.5 Å². The van der Waals surface area contributed by atoms with E-state index in [0.29, 0.717) is 6.42 Å². The molecule has 31 heavy (non-hydrogen) atoms. The van der Waals surface area contributed by atoms with Crippen molar-refractivity contribution in [2.75, 3.05) is 5.32 Å². The lowest BCUT2D eigenvalue weighted by atomic mass is 9.89. The molecule has 2 aromatic rings. The van der Waals surface area contributed by atoms with Gasteiger partial charge in [-0.15, -0.1) is 0 Å². The van der Waals surface area contributed by atoms with E-state index in [0.717, 1.165) is 30.5 Å². The Labute approximate surface area is 179 Å². The standard InChI is InChI=1S/C24H24F3N3O/c1-2-21(18-12-11-16-7-3-4-8-17(16)13-18)29-15-19(14-28)23(31)30-22-10-6-5-9-20(22)24(25,26)27/h5-6,9-13,15,21,29H,2-4,7-8H2,1H3,(H,30,31)/b19-15-. The second-order valence-electron chi connectivity index (χ2n) is 7.53. The summed E-state index contributed by atoms with van der Waals surface area (Å²) in [6, 6.07) is 12.7. The molecule has 1 aliphatic carbocycles. The molecule has 0 saturated carbocycles. The van der Waals surface area contributed by atoms with Crippen LogP contribution in [0.4, 0.5) is 18.9 Å². The van der Waals surface area contributed by atoms with E-state index in [2.05, 4.69) is 22.8 Å². The number of alkyl halides is 3. The molecule has 1 aliphatic rings. The van der Waals surface area contributed by atoms with E-state index in [9.17, 15) is 23.2 Å². The number of anilines is 1. The zero-order valence-corrected chi connectivity index (χ0v) is 17.2. The van der Waals surface area contributed by atoms with E-state index >= 15 is 0 Å². The van der Waals surface area contributed by atoms with E-state index in [1.54, 1.807) is 6.07 Å². The van der Waals surface area contributed by atoms with Crippen molar-refractivity contribution in [2.24, 2.45) is 0 Å². The van der Waals surface area contributed by atoms with Gasteiger partial charge in [0.2, 0.25) is 0 Å². The van der Waals surface area contributed by atoms with Gasteiger partial charge in [0.15, 0.2) is 0 Å². The van der Waals surface area contributed by atoms with Gasteiger partial charge in [0.05, 0.1) is 17.3 Å². The van der Waals surface area contributed by atoms with Gasteiger partial charge in [0.25, 0.3) is 5.91 Å². The normalized spacial score (nSPS) is 14.9. The van der Waals surface area contributed by atoms with Gasteiger partial charge >= 0.3 is 6.18 Å². The smallest absolute Gasteiger partial charge is 0.383 e. The number of para-hydroxylation sites is 1. The average Bonchev–Trinajstić information content (AvgIpc) is 2.76. The maximum absolute atomic E-state index is 13.1. The minimum atomic E-state index is -4.61. The predicted molar refractivity (Wildman–Crippen MR) is 113 cm³/mol. The third-order valence-corrected chi connectivity index (χ3v) is 5.46. The van der Waals surface area contributed by atoms with E-state index in [-0.39, 0.29) is 17.3 Å². The highest BCUT2D eigenvalue weighted by atomic mass is 19.4. The highest BCUT2D eigenvalue weighted by molar-refractivity contribution is 6.06. The zero-order valence-electron chi connectivity index (χ0n) is 17.2. The summed E-state index contributed by atoms with van der Waals surface area (Å²) in [5.41, 5.74) is 2.10. The molecule has 1 unspecified atom stereocenters. The summed E-state index contributed by atoms with van der Waals surface area (Å²) in [6.45, 7) is 1.98. The number of amides is 1. The van der Waals surface area contributed by atoms with Crippen molar-refractivity contribution in [1.29, 1.82) is 5.26 Å². The minimum absolute atomic E-state index is 0.120. The molecule has 0 heterocycles. The monoisotopic (exact) mass is 427 g/mol. The fourth-order valence-electron chi connectivity index (χ4n) is 3.78. The first kappa shape index (κ1) is 22.4. The molecule has 3 rings (SSSR count). The summed E-state index contributed by atoms with van der Waals surface area (Å²) < 4.78 is 39.4. The number of nitrogens with zero attached hydrogens (tertiary/aromatic N) is 1. The van der Waals surface area contributed by atoms with Crippen LogP contribution in [-0.2, 0) is 23.8 Å². The van der Waals surface area contributed by atoms with Crippen LogP contribution in [0.5, 0.6) is 0 Å². The Bertz CT molecular complexity index is 1020. The van der Waals surface area contributed by atoms with Gasteiger partial charge in [-0.2, -0.15) is 18.4 Å². The number of hydrogen-bond donors (Lipinski definition) is 2. The van der Waals surface area contributed by atoms with E-state index < -0.39 is 17.6 Å².